The van der Waals surface area contributed by atoms with Gasteiger partial charge in [-0.2, -0.15) is 0 Å². The lowest BCUT2D eigenvalue weighted by Crippen LogP contribution is -2.44. The molecule has 0 aliphatic carbocycles. The van der Waals surface area contributed by atoms with Crippen molar-refractivity contribution in [1.82, 2.24) is 5.32 Å². The fourth-order valence-electron chi connectivity index (χ4n) is 2.77. The third-order valence-corrected chi connectivity index (χ3v) is 4.42. The van der Waals surface area contributed by atoms with E-state index in [-0.39, 0.29) is 12.0 Å². The number of aliphatic hydroxyl groups excluding tert-OH is 1. The monoisotopic (exact) mass is 293 g/mol. The van der Waals surface area contributed by atoms with Crippen molar-refractivity contribution in [2.45, 2.75) is 32.2 Å². The summed E-state index contributed by atoms with van der Waals surface area (Å²) in [5, 5.41) is 13.3. The molecule has 0 radical (unpaired) electrons. The Morgan fingerprint density at radius 2 is 1.95 bits per heavy atom. The van der Waals surface area contributed by atoms with Crippen LogP contribution in [0.15, 0.2) is 24.3 Å². The molecule has 4 nitrogen and oxygen atoms in total. The summed E-state index contributed by atoms with van der Waals surface area (Å²) in [4.78, 5) is 0. The number of rotatable bonds is 7. The van der Waals surface area contributed by atoms with Gasteiger partial charge in [-0.3, -0.25) is 0 Å². The van der Waals surface area contributed by atoms with Crippen molar-refractivity contribution in [3.63, 3.8) is 0 Å². The first-order valence-electron chi connectivity index (χ1n) is 7.72. The lowest BCUT2D eigenvalue weighted by atomic mass is 9.81. The number of benzene rings is 1. The van der Waals surface area contributed by atoms with Crippen LogP contribution in [0.3, 0.4) is 0 Å². The Kier molecular flexibility index (Phi) is 6.03. The first kappa shape index (κ1) is 16.3. The van der Waals surface area contributed by atoms with Crippen LogP contribution < -0.4 is 10.1 Å². The quantitative estimate of drug-likeness (QED) is 0.807. The fourth-order valence-corrected chi connectivity index (χ4v) is 2.77. The smallest absolute Gasteiger partial charge is 0.118 e. The van der Waals surface area contributed by atoms with Gasteiger partial charge in [-0.1, -0.05) is 12.1 Å². The van der Waals surface area contributed by atoms with Gasteiger partial charge in [0.1, 0.15) is 5.75 Å². The molecule has 1 aliphatic heterocycles. The topological polar surface area (TPSA) is 50.7 Å². The summed E-state index contributed by atoms with van der Waals surface area (Å²) in [5.74, 6) is 0.890. The highest BCUT2D eigenvalue weighted by Crippen LogP contribution is 2.29. The predicted molar refractivity (Wildman–Crippen MR) is 83.7 cm³/mol. The third-order valence-electron chi connectivity index (χ3n) is 4.42. The molecule has 0 aromatic heterocycles. The summed E-state index contributed by atoms with van der Waals surface area (Å²) in [6.07, 6.45) is 2.85. The van der Waals surface area contributed by atoms with Gasteiger partial charge >= 0.3 is 0 Å². The highest BCUT2D eigenvalue weighted by molar-refractivity contribution is 5.27. The van der Waals surface area contributed by atoms with Gasteiger partial charge < -0.3 is 19.9 Å². The maximum absolute atomic E-state index is 9.69. The van der Waals surface area contributed by atoms with Crippen molar-refractivity contribution in [1.29, 1.82) is 0 Å². The van der Waals surface area contributed by atoms with Crippen LogP contribution in [0.25, 0.3) is 0 Å². The molecule has 1 aliphatic rings. The van der Waals surface area contributed by atoms with Crippen LogP contribution in [-0.2, 0) is 11.2 Å². The summed E-state index contributed by atoms with van der Waals surface area (Å²) in [6.45, 7) is 4.79. The van der Waals surface area contributed by atoms with E-state index in [2.05, 4.69) is 24.4 Å². The fraction of sp³-hybridized carbons (Fsp3) is 0.647. The van der Waals surface area contributed by atoms with Crippen LogP contribution in [0.5, 0.6) is 5.75 Å². The Hall–Kier alpha value is -1.10. The highest BCUT2D eigenvalue weighted by Gasteiger charge is 2.31. The number of hydrogen-bond donors (Lipinski definition) is 2. The maximum Gasteiger partial charge on any atom is 0.118 e. The molecule has 0 spiro atoms. The second-order valence-corrected chi connectivity index (χ2v) is 6.10. The SMILES string of the molecule is COc1ccc(CC(C)NCC2(CO)CCOCC2)cc1. The lowest BCUT2D eigenvalue weighted by molar-refractivity contribution is -0.0162. The molecule has 4 heteroatoms. The second kappa shape index (κ2) is 7.78. The first-order valence-corrected chi connectivity index (χ1v) is 7.72. The molecule has 0 saturated carbocycles. The van der Waals surface area contributed by atoms with Crippen LogP contribution in [0.2, 0.25) is 0 Å². The van der Waals surface area contributed by atoms with Gasteiger partial charge in [-0.15, -0.1) is 0 Å². The van der Waals surface area contributed by atoms with Crippen LogP contribution in [-0.4, -0.2) is 44.6 Å². The van der Waals surface area contributed by atoms with Crippen molar-refractivity contribution in [3.05, 3.63) is 29.8 Å². The second-order valence-electron chi connectivity index (χ2n) is 6.10. The standard InChI is InChI=1S/C17H27NO3/c1-14(11-15-3-5-16(20-2)6-4-15)18-12-17(13-19)7-9-21-10-8-17/h3-6,14,18-19H,7-13H2,1-2H3. The minimum atomic E-state index is -0.00752. The lowest BCUT2D eigenvalue weighted by Gasteiger charge is -2.36. The van der Waals surface area contributed by atoms with Crippen molar-refractivity contribution in [3.8, 4) is 5.75 Å². The van der Waals surface area contributed by atoms with Crippen molar-refractivity contribution < 1.29 is 14.6 Å². The van der Waals surface area contributed by atoms with Gasteiger partial charge in [0.15, 0.2) is 0 Å². The normalized spacial score (nSPS) is 19.2. The minimum Gasteiger partial charge on any atom is -0.497 e. The molecule has 1 saturated heterocycles. The Labute approximate surface area is 127 Å². The van der Waals surface area contributed by atoms with Crippen LogP contribution in [0, 0.1) is 5.41 Å². The summed E-state index contributed by atoms with van der Waals surface area (Å²) in [5.41, 5.74) is 1.28. The van der Waals surface area contributed by atoms with E-state index in [0.717, 1.165) is 44.8 Å². The third kappa shape index (κ3) is 4.70. The number of hydrogen-bond acceptors (Lipinski definition) is 4. The number of ether oxygens (including phenoxy) is 2. The molecule has 1 fully saturated rings. The molecule has 1 atom stereocenters. The molecular weight excluding hydrogens is 266 g/mol. The molecule has 0 bridgehead atoms. The van der Waals surface area contributed by atoms with E-state index in [1.807, 2.05) is 12.1 Å². The molecule has 1 unspecified atom stereocenters. The predicted octanol–water partition coefficient (Wildman–Crippen LogP) is 2.00. The van der Waals surface area contributed by atoms with Gasteiger partial charge in [-0.05, 0) is 43.9 Å². The maximum atomic E-state index is 9.69. The molecule has 1 aromatic carbocycles. The van der Waals surface area contributed by atoms with Gasteiger partial charge in [0.2, 0.25) is 0 Å². The van der Waals surface area contributed by atoms with E-state index in [0.29, 0.717) is 6.04 Å². The summed E-state index contributed by atoms with van der Waals surface area (Å²) in [7, 11) is 1.68. The van der Waals surface area contributed by atoms with E-state index < -0.39 is 0 Å². The van der Waals surface area contributed by atoms with E-state index >= 15 is 0 Å². The first-order chi connectivity index (χ1) is 10.2. The van der Waals surface area contributed by atoms with E-state index in [4.69, 9.17) is 9.47 Å². The highest BCUT2D eigenvalue weighted by atomic mass is 16.5. The number of nitrogens with one attached hydrogen (secondary N) is 1. The number of methoxy groups -OCH3 is 1. The van der Waals surface area contributed by atoms with E-state index in [1.165, 1.54) is 5.56 Å². The average molecular weight is 293 g/mol. The Morgan fingerprint density at radius 3 is 2.52 bits per heavy atom. The molecule has 21 heavy (non-hydrogen) atoms. The minimum absolute atomic E-state index is 0.00752. The van der Waals surface area contributed by atoms with Crippen molar-refractivity contribution >= 4 is 0 Å². The van der Waals surface area contributed by atoms with Crippen molar-refractivity contribution in [2.24, 2.45) is 5.41 Å². The molecule has 2 N–H and O–H groups in total. The Morgan fingerprint density at radius 1 is 1.29 bits per heavy atom. The molecule has 2 rings (SSSR count). The summed E-state index contributed by atoms with van der Waals surface area (Å²) in [6, 6.07) is 8.58. The zero-order valence-electron chi connectivity index (χ0n) is 13.1. The van der Waals surface area contributed by atoms with Crippen LogP contribution >= 0.6 is 0 Å². The molecule has 0 amide bonds. The van der Waals surface area contributed by atoms with E-state index in [1.54, 1.807) is 7.11 Å². The van der Waals surface area contributed by atoms with Gasteiger partial charge in [-0.25, -0.2) is 0 Å². The number of aliphatic hydroxyl groups is 1. The van der Waals surface area contributed by atoms with Crippen LogP contribution in [0.1, 0.15) is 25.3 Å². The van der Waals surface area contributed by atoms with E-state index in [9.17, 15) is 5.11 Å². The largest absolute Gasteiger partial charge is 0.497 e. The van der Waals surface area contributed by atoms with Gasteiger partial charge in [0.05, 0.1) is 13.7 Å². The molecule has 1 aromatic rings. The average Bonchev–Trinajstić information content (AvgIpc) is 2.54. The van der Waals surface area contributed by atoms with Crippen LogP contribution in [0.4, 0.5) is 0 Å². The summed E-state index contributed by atoms with van der Waals surface area (Å²) >= 11 is 0. The Balaban J connectivity index is 1.81. The summed E-state index contributed by atoms with van der Waals surface area (Å²) < 4.78 is 10.6. The molecule has 118 valence electrons. The van der Waals surface area contributed by atoms with Crippen molar-refractivity contribution in [2.75, 3.05) is 33.5 Å². The Bertz CT molecular complexity index is 413. The van der Waals surface area contributed by atoms with Gasteiger partial charge in [0.25, 0.3) is 0 Å². The zero-order valence-corrected chi connectivity index (χ0v) is 13.1. The molecular formula is C17H27NO3. The van der Waals surface area contributed by atoms with Gasteiger partial charge in [0, 0.05) is 31.2 Å². The zero-order chi connectivity index (χ0) is 15.1. The molecule has 1 heterocycles.